The summed E-state index contributed by atoms with van der Waals surface area (Å²) in [6.45, 7) is 20.5. The molecule has 6 nitrogen and oxygen atoms in total. The molecule has 0 aliphatic heterocycles. The number of nitrogens with one attached hydrogen (secondary N) is 2. The Morgan fingerprint density at radius 3 is 1.52 bits per heavy atom. The molecular formula is C22H45N2O4Ti. The van der Waals surface area contributed by atoms with Crippen LogP contribution >= 0.6 is 0 Å². The minimum atomic E-state index is -0.417. The Morgan fingerprint density at radius 2 is 1.28 bits per heavy atom. The van der Waals surface area contributed by atoms with Gasteiger partial charge in [-0.25, -0.2) is 0 Å². The second-order valence-corrected chi connectivity index (χ2v) is 10.5. The third-order valence-electron chi connectivity index (χ3n) is 4.98. The van der Waals surface area contributed by atoms with E-state index in [1.54, 1.807) is 48.4 Å². The quantitative estimate of drug-likeness (QED) is 0.510. The van der Waals surface area contributed by atoms with Gasteiger partial charge in [0.2, 0.25) is 6.41 Å². The van der Waals surface area contributed by atoms with E-state index in [0.717, 1.165) is 19.3 Å². The fraction of sp³-hybridized carbons (Fsp3) is 0.909. The summed E-state index contributed by atoms with van der Waals surface area (Å²) in [4.78, 5) is 19.7. The van der Waals surface area contributed by atoms with Crippen molar-refractivity contribution in [3.05, 3.63) is 0 Å². The van der Waals surface area contributed by atoms with E-state index < -0.39 is 12.2 Å². The SMILES string of the molecule is CC(C)(C)C1(C(C)(C)C)CCCC(NC=O)C1.CC(C)[O-].CC(C)[O-].O=C[NH][Ti+2]. The van der Waals surface area contributed by atoms with Crippen molar-refractivity contribution in [3.63, 3.8) is 0 Å². The van der Waals surface area contributed by atoms with E-state index in [1.165, 1.54) is 12.8 Å². The number of hydrogen-bond donors (Lipinski definition) is 2. The molecule has 1 aliphatic carbocycles. The van der Waals surface area contributed by atoms with Crippen molar-refractivity contribution in [1.29, 1.82) is 0 Å². The molecule has 2 N–H and O–H groups in total. The van der Waals surface area contributed by atoms with Crippen LogP contribution in [0.15, 0.2) is 0 Å². The second-order valence-electron chi connectivity index (χ2n) is 10.0. The van der Waals surface area contributed by atoms with Crippen molar-refractivity contribution in [2.24, 2.45) is 16.2 Å². The van der Waals surface area contributed by atoms with E-state index in [9.17, 15) is 15.0 Å². The molecule has 1 fully saturated rings. The minimum absolute atomic E-state index is 0.272. The summed E-state index contributed by atoms with van der Waals surface area (Å²) in [6.07, 6.45) is 5.40. The van der Waals surface area contributed by atoms with Gasteiger partial charge in [-0.05, 0) is 35.5 Å². The molecular weight excluding hydrogens is 404 g/mol. The molecule has 0 aromatic carbocycles. The van der Waals surface area contributed by atoms with Crippen LogP contribution in [0.1, 0.15) is 94.9 Å². The Kier molecular flexibility index (Phi) is 18.7. The Labute approximate surface area is 191 Å². The van der Waals surface area contributed by atoms with Crippen molar-refractivity contribution in [2.45, 2.75) is 113 Å². The van der Waals surface area contributed by atoms with E-state index in [4.69, 9.17) is 4.79 Å². The average molecular weight is 449 g/mol. The van der Waals surface area contributed by atoms with Crippen LogP contribution in [0.2, 0.25) is 0 Å². The summed E-state index contributed by atoms with van der Waals surface area (Å²) in [6, 6.07) is 0.361. The topological polar surface area (TPSA) is 104 Å². The predicted octanol–water partition coefficient (Wildman–Crippen LogP) is 2.46. The zero-order valence-corrected chi connectivity index (χ0v) is 21.9. The molecule has 0 radical (unpaired) electrons. The predicted molar refractivity (Wildman–Crippen MR) is 112 cm³/mol. The van der Waals surface area contributed by atoms with Crippen molar-refractivity contribution in [2.75, 3.05) is 0 Å². The normalized spacial score (nSPS) is 18.1. The molecule has 1 unspecified atom stereocenters. The monoisotopic (exact) mass is 449 g/mol. The van der Waals surface area contributed by atoms with E-state index in [2.05, 4.69) is 50.7 Å². The van der Waals surface area contributed by atoms with Crippen LogP contribution in [0.25, 0.3) is 0 Å². The summed E-state index contributed by atoms with van der Waals surface area (Å²) in [7, 11) is 0. The van der Waals surface area contributed by atoms with Crippen LogP contribution in [0.5, 0.6) is 0 Å². The van der Waals surface area contributed by atoms with Gasteiger partial charge in [-0.3, -0.25) is 4.79 Å². The standard InChI is InChI=1S/C15H29NO.2C3H7O.CH3NO.Ti/c1-13(2,3)15(14(4,5)6)9-7-8-12(10-15)16-11-17;2*1-3(2)4;2-1-3;/h11-12H,7-10H2,1-6H3,(H,16,17);2*3H,1-2H3;1H,(H2,2,3);/q;2*-1;;+3/p-1. The van der Waals surface area contributed by atoms with Gasteiger partial charge in [0.05, 0.1) is 0 Å². The Hall–Kier alpha value is -0.426. The van der Waals surface area contributed by atoms with Crippen molar-refractivity contribution >= 4 is 12.8 Å². The third kappa shape index (κ3) is 16.0. The first kappa shape index (κ1) is 33.2. The molecule has 1 rings (SSSR count). The summed E-state index contributed by atoms with van der Waals surface area (Å²) < 4.78 is 2.25. The molecule has 1 aliphatic rings. The first-order chi connectivity index (χ1) is 13.0. The van der Waals surface area contributed by atoms with Crippen LogP contribution < -0.4 is 19.3 Å². The van der Waals surface area contributed by atoms with Gasteiger partial charge in [0.25, 0.3) is 0 Å². The molecule has 7 heteroatoms. The van der Waals surface area contributed by atoms with Crippen LogP contribution in [0.3, 0.4) is 0 Å². The molecule has 1 saturated carbocycles. The molecule has 29 heavy (non-hydrogen) atoms. The van der Waals surface area contributed by atoms with Gasteiger partial charge in [-0.2, -0.15) is 0 Å². The average Bonchev–Trinajstić information content (AvgIpc) is 2.52. The van der Waals surface area contributed by atoms with E-state index in [0.29, 0.717) is 17.9 Å². The molecule has 0 bridgehead atoms. The first-order valence-corrected chi connectivity index (χ1v) is 11.2. The molecule has 171 valence electrons. The molecule has 0 aromatic heterocycles. The summed E-state index contributed by atoms with van der Waals surface area (Å²) >= 11 is 1.56. The zero-order chi connectivity index (χ0) is 23.9. The van der Waals surface area contributed by atoms with Crippen molar-refractivity contribution < 1.29 is 40.5 Å². The van der Waals surface area contributed by atoms with E-state index in [1.807, 2.05) is 0 Å². The van der Waals surface area contributed by atoms with E-state index >= 15 is 0 Å². The van der Waals surface area contributed by atoms with Crippen LogP contribution in [-0.2, 0) is 30.3 Å². The maximum atomic E-state index is 10.7. The van der Waals surface area contributed by atoms with Crippen molar-refractivity contribution in [3.8, 4) is 0 Å². The van der Waals surface area contributed by atoms with Gasteiger partial charge in [0.15, 0.2) is 0 Å². The van der Waals surface area contributed by atoms with Gasteiger partial charge in [-0.1, -0.05) is 75.7 Å². The van der Waals surface area contributed by atoms with Crippen LogP contribution in [-0.4, -0.2) is 31.1 Å². The molecule has 2 amide bonds. The molecule has 0 saturated heterocycles. The van der Waals surface area contributed by atoms with Gasteiger partial charge >= 0.3 is 35.7 Å². The Morgan fingerprint density at radius 1 is 0.931 bits per heavy atom. The van der Waals surface area contributed by atoms with E-state index in [-0.39, 0.29) is 10.8 Å². The molecule has 0 spiro atoms. The second kappa shape index (κ2) is 16.3. The number of rotatable bonds is 3. The fourth-order valence-electron chi connectivity index (χ4n) is 4.00. The number of carbonyl (C=O) groups excluding carboxylic acids is 2. The number of amides is 2. The summed E-state index contributed by atoms with van der Waals surface area (Å²) in [5, 5.41) is 22.1. The third-order valence-corrected chi connectivity index (χ3v) is 5.17. The van der Waals surface area contributed by atoms with Gasteiger partial charge in [-0.15, -0.1) is 12.2 Å². The van der Waals surface area contributed by atoms with Gasteiger partial charge < -0.3 is 15.5 Å². The zero-order valence-electron chi connectivity index (χ0n) is 20.3. The number of hydrogen-bond acceptors (Lipinski definition) is 4. The first-order valence-electron chi connectivity index (χ1n) is 10.4. The fourth-order valence-corrected chi connectivity index (χ4v) is 4.00. The summed E-state index contributed by atoms with van der Waals surface area (Å²) in [5.74, 6) is 0. The molecule has 0 aromatic rings. The van der Waals surface area contributed by atoms with Gasteiger partial charge in [0, 0.05) is 6.04 Å². The molecule has 0 heterocycles. The van der Waals surface area contributed by atoms with Gasteiger partial charge in [0.1, 0.15) is 0 Å². The maximum absolute atomic E-state index is 10.7. The van der Waals surface area contributed by atoms with Crippen LogP contribution in [0, 0.1) is 16.2 Å². The summed E-state index contributed by atoms with van der Waals surface area (Å²) in [5.41, 5.74) is 0.849. The Bertz CT molecular complexity index is 391. The molecule has 1 atom stereocenters. The Balaban J connectivity index is -0.000000462. The van der Waals surface area contributed by atoms with Crippen LogP contribution in [0.4, 0.5) is 0 Å². The van der Waals surface area contributed by atoms with Crippen molar-refractivity contribution in [1.82, 2.24) is 9.12 Å². The number of carbonyl (C=O) groups is 2.